The molecule has 2 aliphatic carbocycles. The predicted octanol–water partition coefficient (Wildman–Crippen LogP) is 2.35. The van der Waals surface area contributed by atoms with Crippen LogP contribution in [0.4, 0.5) is 0 Å². The van der Waals surface area contributed by atoms with E-state index in [0.717, 1.165) is 30.4 Å². The Morgan fingerprint density at radius 2 is 2.00 bits per heavy atom. The average molecular weight is 302 g/mol. The molecular formula is C17H18O5. The molecule has 1 aromatic rings. The third-order valence-corrected chi connectivity index (χ3v) is 4.44. The second-order valence-corrected chi connectivity index (χ2v) is 5.61. The molecule has 3 rings (SSSR count). The minimum Gasteiger partial charge on any atom is -0.504 e. The van der Waals surface area contributed by atoms with E-state index in [9.17, 15) is 15.0 Å². The summed E-state index contributed by atoms with van der Waals surface area (Å²) in [7, 11) is 2.93. The van der Waals surface area contributed by atoms with Crippen molar-refractivity contribution in [3.63, 3.8) is 0 Å². The van der Waals surface area contributed by atoms with Crippen LogP contribution >= 0.6 is 0 Å². The number of hydrogen-bond acceptors (Lipinski definition) is 5. The minimum atomic E-state index is -0.523. The van der Waals surface area contributed by atoms with Gasteiger partial charge in [0.2, 0.25) is 11.5 Å². The maximum atomic E-state index is 11.8. The molecule has 0 amide bonds. The lowest BCUT2D eigenvalue weighted by Gasteiger charge is -2.37. The van der Waals surface area contributed by atoms with Gasteiger partial charge in [0, 0.05) is 11.0 Å². The number of hydrogen-bond donors (Lipinski definition) is 2. The van der Waals surface area contributed by atoms with E-state index < -0.39 is 5.41 Å². The Morgan fingerprint density at radius 3 is 2.68 bits per heavy atom. The van der Waals surface area contributed by atoms with Gasteiger partial charge in [-0.3, -0.25) is 4.79 Å². The highest BCUT2D eigenvalue weighted by Gasteiger charge is 2.39. The number of aromatic hydroxyl groups is 2. The van der Waals surface area contributed by atoms with Crippen LogP contribution < -0.4 is 4.74 Å². The number of carbonyl (C=O) groups is 1. The molecule has 0 radical (unpaired) electrons. The molecule has 22 heavy (non-hydrogen) atoms. The number of benzene rings is 1. The summed E-state index contributed by atoms with van der Waals surface area (Å²) in [5, 5.41) is 20.0. The molecule has 2 aliphatic rings. The average Bonchev–Trinajstić information content (AvgIpc) is 2.52. The maximum Gasteiger partial charge on any atom is 0.219 e. The van der Waals surface area contributed by atoms with Crippen molar-refractivity contribution in [2.24, 2.45) is 0 Å². The smallest absolute Gasteiger partial charge is 0.219 e. The Balaban J connectivity index is 2.25. The summed E-state index contributed by atoms with van der Waals surface area (Å²) in [6.45, 7) is 0. The third kappa shape index (κ3) is 1.96. The topological polar surface area (TPSA) is 76.0 Å². The van der Waals surface area contributed by atoms with Crippen LogP contribution in [0.3, 0.4) is 0 Å². The number of methoxy groups -OCH3 is 2. The number of fused-ring (bicyclic) bond motifs is 2. The first kappa shape index (κ1) is 14.5. The van der Waals surface area contributed by atoms with Crippen LogP contribution in [-0.2, 0) is 21.4 Å². The summed E-state index contributed by atoms with van der Waals surface area (Å²) in [5.41, 5.74) is 1.17. The van der Waals surface area contributed by atoms with Crippen molar-refractivity contribution in [3.05, 3.63) is 41.2 Å². The molecule has 0 aromatic heterocycles. The fourth-order valence-corrected chi connectivity index (χ4v) is 3.39. The second-order valence-electron chi connectivity index (χ2n) is 5.61. The maximum absolute atomic E-state index is 11.8. The lowest BCUT2D eigenvalue weighted by molar-refractivity contribution is -0.114. The quantitative estimate of drug-likeness (QED) is 0.820. The molecule has 0 heterocycles. The molecule has 0 saturated heterocycles. The van der Waals surface area contributed by atoms with Crippen molar-refractivity contribution in [2.75, 3.05) is 14.2 Å². The lowest BCUT2D eigenvalue weighted by atomic mass is 9.67. The molecule has 0 aliphatic heterocycles. The van der Waals surface area contributed by atoms with Crippen LogP contribution in [0, 0.1) is 0 Å². The van der Waals surface area contributed by atoms with Gasteiger partial charge in [0.15, 0.2) is 17.3 Å². The van der Waals surface area contributed by atoms with Gasteiger partial charge in [-0.25, -0.2) is 0 Å². The second kappa shape index (κ2) is 5.09. The number of allylic oxidation sites excluding steroid dienone is 3. The largest absolute Gasteiger partial charge is 0.504 e. The van der Waals surface area contributed by atoms with E-state index in [-0.39, 0.29) is 17.3 Å². The van der Waals surface area contributed by atoms with Gasteiger partial charge in [0.1, 0.15) is 0 Å². The van der Waals surface area contributed by atoms with Crippen LogP contribution in [-0.4, -0.2) is 30.2 Å². The Bertz CT molecular complexity index is 701. The minimum absolute atomic E-state index is 0.171. The number of ketones is 1. The summed E-state index contributed by atoms with van der Waals surface area (Å²) >= 11 is 0. The molecule has 1 spiro atoms. The molecule has 116 valence electrons. The first-order valence-electron chi connectivity index (χ1n) is 7.15. The molecule has 0 fully saturated rings. The van der Waals surface area contributed by atoms with Crippen molar-refractivity contribution < 1.29 is 24.5 Å². The monoisotopic (exact) mass is 302 g/mol. The van der Waals surface area contributed by atoms with Crippen LogP contribution in [0.2, 0.25) is 0 Å². The fourth-order valence-electron chi connectivity index (χ4n) is 3.39. The van der Waals surface area contributed by atoms with E-state index in [1.807, 2.05) is 6.08 Å². The fraction of sp³-hybridized carbons (Fsp3) is 0.353. The number of ether oxygens (including phenoxy) is 2. The zero-order chi connectivity index (χ0) is 15.9. The van der Waals surface area contributed by atoms with Crippen LogP contribution in [0.1, 0.15) is 24.0 Å². The number of carbonyl (C=O) groups excluding carboxylic acids is 1. The molecule has 0 saturated carbocycles. The van der Waals surface area contributed by atoms with Gasteiger partial charge in [0.25, 0.3) is 0 Å². The summed E-state index contributed by atoms with van der Waals surface area (Å²) < 4.78 is 10.5. The van der Waals surface area contributed by atoms with Crippen LogP contribution in [0.25, 0.3) is 0 Å². The highest BCUT2D eigenvalue weighted by atomic mass is 16.5. The van der Waals surface area contributed by atoms with Crippen LogP contribution in [0.15, 0.2) is 30.1 Å². The molecule has 5 nitrogen and oxygen atoms in total. The van der Waals surface area contributed by atoms with E-state index in [1.165, 1.54) is 20.3 Å². The number of rotatable bonds is 2. The van der Waals surface area contributed by atoms with Crippen molar-refractivity contribution in [1.29, 1.82) is 0 Å². The van der Waals surface area contributed by atoms with Crippen LogP contribution in [0.5, 0.6) is 17.2 Å². The van der Waals surface area contributed by atoms with E-state index >= 15 is 0 Å². The molecule has 0 unspecified atom stereocenters. The normalized spacial score (nSPS) is 23.2. The number of phenolic OH excluding ortho intramolecular Hbond substituents is 2. The van der Waals surface area contributed by atoms with Gasteiger partial charge in [0.05, 0.1) is 14.2 Å². The zero-order valence-corrected chi connectivity index (χ0v) is 12.5. The SMILES string of the molecule is COC1=C[C@@]2(C=CC1=O)CCCc1c2cc(O)c(O)c1OC. The Morgan fingerprint density at radius 1 is 1.23 bits per heavy atom. The van der Waals surface area contributed by atoms with E-state index in [0.29, 0.717) is 11.5 Å². The summed E-state index contributed by atoms with van der Waals surface area (Å²) in [6, 6.07) is 1.55. The Kier molecular flexibility index (Phi) is 3.35. The van der Waals surface area contributed by atoms with Crippen molar-refractivity contribution >= 4 is 5.78 Å². The third-order valence-electron chi connectivity index (χ3n) is 4.44. The van der Waals surface area contributed by atoms with Gasteiger partial charge in [-0.15, -0.1) is 0 Å². The van der Waals surface area contributed by atoms with E-state index in [2.05, 4.69) is 0 Å². The Labute approximate surface area is 128 Å². The number of phenols is 2. The lowest BCUT2D eigenvalue weighted by Crippen LogP contribution is -2.31. The molecular weight excluding hydrogens is 284 g/mol. The molecule has 1 aromatic carbocycles. The van der Waals surface area contributed by atoms with Gasteiger partial charge in [-0.1, -0.05) is 6.08 Å². The first-order valence-corrected chi connectivity index (χ1v) is 7.15. The molecule has 1 atom stereocenters. The van der Waals surface area contributed by atoms with Crippen molar-refractivity contribution in [1.82, 2.24) is 0 Å². The van der Waals surface area contributed by atoms with Crippen molar-refractivity contribution in [3.8, 4) is 17.2 Å². The standard InChI is InChI=1S/C17H18O5/c1-21-14-9-17(7-5-12(14)18)6-3-4-10-11(17)8-13(19)15(20)16(10)22-2/h5,7-9,19-20H,3-4,6H2,1-2H3/t17-/m0/s1. The summed E-state index contributed by atoms with van der Waals surface area (Å²) in [6.07, 6.45) is 7.55. The summed E-state index contributed by atoms with van der Waals surface area (Å²) in [5.74, 6) is -0.0523. The van der Waals surface area contributed by atoms with Gasteiger partial charge in [-0.05, 0) is 43.0 Å². The first-order chi connectivity index (χ1) is 10.5. The highest BCUT2D eigenvalue weighted by Crippen LogP contribution is 2.50. The van der Waals surface area contributed by atoms with E-state index in [1.54, 1.807) is 12.1 Å². The Hall–Kier alpha value is -2.43. The van der Waals surface area contributed by atoms with Gasteiger partial charge >= 0.3 is 0 Å². The van der Waals surface area contributed by atoms with Gasteiger partial charge in [-0.2, -0.15) is 0 Å². The highest BCUT2D eigenvalue weighted by molar-refractivity contribution is 6.04. The summed E-state index contributed by atoms with van der Waals surface area (Å²) in [4.78, 5) is 11.8. The predicted molar refractivity (Wildman–Crippen MR) is 80.2 cm³/mol. The molecule has 5 heteroatoms. The molecule has 2 N–H and O–H groups in total. The molecule has 0 bridgehead atoms. The zero-order valence-electron chi connectivity index (χ0n) is 12.5. The van der Waals surface area contributed by atoms with Gasteiger partial charge < -0.3 is 19.7 Å². The van der Waals surface area contributed by atoms with E-state index in [4.69, 9.17) is 9.47 Å². The van der Waals surface area contributed by atoms with Crippen molar-refractivity contribution in [2.45, 2.75) is 24.7 Å².